The van der Waals surface area contributed by atoms with Crippen molar-refractivity contribution in [3.63, 3.8) is 0 Å². The van der Waals surface area contributed by atoms with Crippen molar-refractivity contribution in [3.8, 4) is 11.3 Å². The van der Waals surface area contributed by atoms with Crippen molar-refractivity contribution in [2.45, 2.75) is 25.8 Å². The van der Waals surface area contributed by atoms with Crippen LogP contribution < -0.4 is 5.32 Å². The van der Waals surface area contributed by atoms with Gasteiger partial charge < -0.3 is 5.32 Å². The topological polar surface area (TPSA) is 29.9 Å². The normalized spacial score (nSPS) is 18.0. The Morgan fingerprint density at radius 1 is 1.39 bits per heavy atom. The van der Waals surface area contributed by atoms with Crippen LogP contribution in [0.15, 0.2) is 30.5 Å². The molecule has 3 nitrogen and oxygen atoms in total. The molecule has 1 aliphatic rings. The summed E-state index contributed by atoms with van der Waals surface area (Å²) in [6.45, 7) is 3.20. The zero-order chi connectivity index (χ0) is 12.5. The van der Waals surface area contributed by atoms with E-state index in [1.54, 1.807) is 0 Å². The summed E-state index contributed by atoms with van der Waals surface area (Å²) in [5, 5.41) is 7.78. The molecule has 1 N–H and O–H groups in total. The van der Waals surface area contributed by atoms with Crippen molar-refractivity contribution in [2.24, 2.45) is 7.05 Å². The molecule has 1 unspecified atom stereocenters. The van der Waals surface area contributed by atoms with Crippen LogP contribution >= 0.6 is 0 Å². The third kappa shape index (κ3) is 1.85. The summed E-state index contributed by atoms with van der Waals surface area (Å²) in [5.74, 6) is 0. The molecule has 1 aliphatic carbocycles. The van der Waals surface area contributed by atoms with Gasteiger partial charge in [0.25, 0.3) is 0 Å². The third-order valence-corrected chi connectivity index (χ3v) is 3.79. The molecule has 3 heteroatoms. The summed E-state index contributed by atoms with van der Waals surface area (Å²) < 4.78 is 1.93. The van der Waals surface area contributed by atoms with Crippen LogP contribution in [0.1, 0.15) is 30.5 Å². The number of hydrogen-bond donors (Lipinski definition) is 1. The lowest BCUT2D eigenvalue weighted by atomic mass is 10.0. The van der Waals surface area contributed by atoms with Gasteiger partial charge in [0, 0.05) is 24.8 Å². The highest BCUT2D eigenvalue weighted by Crippen LogP contribution is 2.33. The highest BCUT2D eigenvalue weighted by atomic mass is 15.3. The number of aromatic nitrogens is 2. The van der Waals surface area contributed by atoms with Gasteiger partial charge in [-0.15, -0.1) is 0 Å². The number of rotatable bonds is 3. The minimum atomic E-state index is 0.547. The van der Waals surface area contributed by atoms with Gasteiger partial charge in [0.05, 0.1) is 5.69 Å². The number of nitrogens with one attached hydrogen (secondary N) is 1. The number of hydrogen-bond acceptors (Lipinski definition) is 2. The molecule has 0 saturated heterocycles. The van der Waals surface area contributed by atoms with E-state index in [0.717, 1.165) is 6.54 Å². The van der Waals surface area contributed by atoms with Gasteiger partial charge in [0.2, 0.25) is 0 Å². The Kier molecular flexibility index (Phi) is 2.92. The van der Waals surface area contributed by atoms with E-state index in [2.05, 4.69) is 41.6 Å². The summed E-state index contributed by atoms with van der Waals surface area (Å²) in [5.41, 5.74) is 5.41. The molecule has 1 aromatic heterocycles. The average molecular weight is 241 g/mol. The van der Waals surface area contributed by atoms with Crippen LogP contribution in [0.5, 0.6) is 0 Å². The van der Waals surface area contributed by atoms with Gasteiger partial charge in [-0.2, -0.15) is 5.10 Å². The first-order valence-corrected chi connectivity index (χ1v) is 6.64. The van der Waals surface area contributed by atoms with Gasteiger partial charge in [-0.25, -0.2) is 0 Å². The second kappa shape index (κ2) is 4.58. The van der Waals surface area contributed by atoms with E-state index in [9.17, 15) is 0 Å². The maximum absolute atomic E-state index is 4.24. The minimum Gasteiger partial charge on any atom is -0.310 e. The summed E-state index contributed by atoms with van der Waals surface area (Å²) in [4.78, 5) is 0. The zero-order valence-electron chi connectivity index (χ0n) is 11.0. The number of nitrogens with zero attached hydrogens (tertiary/aromatic N) is 2. The molecule has 3 rings (SSSR count). The zero-order valence-corrected chi connectivity index (χ0v) is 11.0. The van der Waals surface area contributed by atoms with Crippen LogP contribution in [0.25, 0.3) is 11.3 Å². The molecule has 0 bridgehead atoms. The molecule has 1 aromatic carbocycles. The predicted octanol–water partition coefficient (Wildman–Crippen LogP) is 2.68. The molecule has 0 aliphatic heterocycles. The fourth-order valence-electron chi connectivity index (χ4n) is 2.89. The fourth-order valence-corrected chi connectivity index (χ4v) is 2.89. The molecule has 0 fully saturated rings. The summed E-state index contributed by atoms with van der Waals surface area (Å²) in [7, 11) is 1.99. The number of benzene rings is 1. The Labute approximate surface area is 108 Å². The van der Waals surface area contributed by atoms with Crippen molar-refractivity contribution in [3.05, 3.63) is 41.6 Å². The number of aryl methyl sites for hydroxylation is 2. The Balaban J connectivity index is 1.96. The van der Waals surface area contributed by atoms with E-state index in [0.29, 0.717) is 6.04 Å². The minimum absolute atomic E-state index is 0.547. The van der Waals surface area contributed by atoms with Crippen LogP contribution in [-0.4, -0.2) is 16.3 Å². The van der Waals surface area contributed by atoms with E-state index in [-0.39, 0.29) is 0 Å². The molecule has 0 radical (unpaired) electrons. The largest absolute Gasteiger partial charge is 0.310 e. The van der Waals surface area contributed by atoms with Gasteiger partial charge in [-0.3, -0.25) is 4.68 Å². The summed E-state index contributed by atoms with van der Waals surface area (Å²) >= 11 is 0. The van der Waals surface area contributed by atoms with Crippen LogP contribution in [0, 0.1) is 0 Å². The van der Waals surface area contributed by atoms with Crippen molar-refractivity contribution >= 4 is 0 Å². The molecular weight excluding hydrogens is 222 g/mol. The van der Waals surface area contributed by atoms with Gasteiger partial charge in [-0.1, -0.05) is 19.1 Å². The van der Waals surface area contributed by atoms with E-state index in [1.807, 2.05) is 17.9 Å². The first-order valence-electron chi connectivity index (χ1n) is 6.64. The van der Waals surface area contributed by atoms with Crippen LogP contribution in [0.2, 0.25) is 0 Å². The van der Waals surface area contributed by atoms with Gasteiger partial charge >= 0.3 is 0 Å². The monoisotopic (exact) mass is 241 g/mol. The molecular formula is C15H19N3. The second-order valence-electron chi connectivity index (χ2n) is 4.90. The first-order chi connectivity index (χ1) is 8.79. The van der Waals surface area contributed by atoms with Gasteiger partial charge in [-0.05, 0) is 42.6 Å². The Hall–Kier alpha value is -1.61. The molecule has 18 heavy (non-hydrogen) atoms. The van der Waals surface area contributed by atoms with E-state index >= 15 is 0 Å². The summed E-state index contributed by atoms with van der Waals surface area (Å²) in [6.07, 6.45) is 4.25. The quantitative estimate of drug-likeness (QED) is 0.895. The highest BCUT2D eigenvalue weighted by Gasteiger charge is 2.21. The van der Waals surface area contributed by atoms with E-state index in [4.69, 9.17) is 0 Å². The molecule has 0 spiro atoms. The highest BCUT2D eigenvalue weighted by molar-refractivity contribution is 5.62. The van der Waals surface area contributed by atoms with Crippen molar-refractivity contribution < 1.29 is 0 Å². The first kappa shape index (κ1) is 11.5. The van der Waals surface area contributed by atoms with Crippen molar-refractivity contribution in [1.82, 2.24) is 15.1 Å². The molecule has 0 saturated carbocycles. The molecule has 0 amide bonds. The summed E-state index contributed by atoms with van der Waals surface area (Å²) in [6, 6.07) is 9.43. The smallest absolute Gasteiger partial charge is 0.0678 e. The average Bonchev–Trinajstić information content (AvgIpc) is 2.96. The van der Waals surface area contributed by atoms with E-state index < -0.39 is 0 Å². The predicted molar refractivity (Wildman–Crippen MR) is 73.4 cm³/mol. The lowest BCUT2D eigenvalue weighted by Crippen LogP contribution is -2.18. The SMILES string of the molecule is CCNC1CCc2cc(-c3ccnn3C)ccc21. The Morgan fingerprint density at radius 2 is 2.28 bits per heavy atom. The Morgan fingerprint density at radius 3 is 3.00 bits per heavy atom. The van der Waals surface area contributed by atoms with Crippen LogP contribution in [0.4, 0.5) is 0 Å². The number of fused-ring (bicyclic) bond motifs is 1. The van der Waals surface area contributed by atoms with Gasteiger partial charge in [0.1, 0.15) is 0 Å². The van der Waals surface area contributed by atoms with Crippen molar-refractivity contribution in [2.75, 3.05) is 6.54 Å². The fraction of sp³-hybridized carbons (Fsp3) is 0.400. The maximum atomic E-state index is 4.24. The Bertz CT molecular complexity index is 557. The molecule has 1 atom stereocenters. The standard InChI is InChI=1S/C15H19N3/c1-3-16-14-7-5-11-10-12(4-6-13(11)14)15-8-9-17-18(15)2/h4,6,8-10,14,16H,3,5,7H2,1-2H3. The third-order valence-electron chi connectivity index (χ3n) is 3.79. The molecule has 1 heterocycles. The van der Waals surface area contributed by atoms with Gasteiger partial charge in [0.15, 0.2) is 0 Å². The second-order valence-corrected chi connectivity index (χ2v) is 4.90. The molecule has 2 aromatic rings. The van der Waals surface area contributed by atoms with E-state index in [1.165, 1.54) is 35.2 Å². The molecule has 94 valence electrons. The maximum Gasteiger partial charge on any atom is 0.0678 e. The lowest BCUT2D eigenvalue weighted by molar-refractivity contribution is 0.549. The van der Waals surface area contributed by atoms with Crippen LogP contribution in [0.3, 0.4) is 0 Å². The lowest BCUT2D eigenvalue weighted by Gasteiger charge is -2.12. The van der Waals surface area contributed by atoms with Crippen LogP contribution in [-0.2, 0) is 13.5 Å². The van der Waals surface area contributed by atoms with Crippen molar-refractivity contribution in [1.29, 1.82) is 0 Å².